The quantitative estimate of drug-likeness (QED) is 0.792. The van der Waals surface area contributed by atoms with E-state index in [0.29, 0.717) is 0 Å². The summed E-state index contributed by atoms with van der Waals surface area (Å²) in [6, 6.07) is 11.0. The van der Waals surface area contributed by atoms with E-state index in [-0.39, 0.29) is 0 Å². The molecule has 1 aromatic heterocycles. The molecule has 1 aromatic carbocycles. The zero-order chi connectivity index (χ0) is 12.1. The van der Waals surface area contributed by atoms with E-state index >= 15 is 0 Å². The number of benzene rings is 1. The first kappa shape index (κ1) is 12.3. The lowest BCUT2D eigenvalue weighted by molar-refractivity contribution is 0.692. The Kier molecular flexibility index (Phi) is 4.35. The van der Waals surface area contributed by atoms with Crippen molar-refractivity contribution < 1.29 is 0 Å². The number of rotatable bonds is 5. The Morgan fingerprint density at radius 2 is 2.06 bits per heavy atom. The molecule has 0 fully saturated rings. The van der Waals surface area contributed by atoms with Gasteiger partial charge in [0.05, 0.1) is 0 Å². The SMILES string of the molecule is Cc1ccc(C)c(CCNCc2cccs2)c1. The van der Waals surface area contributed by atoms with Gasteiger partial charge in [0.1, 0.15) is 0 Å². The van der Waals surface area contributed by atoms with E-state index < -0.39 is 0 Å². The van der Waals surface area contributed by atoms with Crippen molar-refractivity contribution in [3.05, 3.63) is 57.3 Å². The number of aryl methyl sites for hydroxylation is 2. The lowest BCUT2D eigenvalue weighted by Crippen LogP contribution is -2.16. The van der Waals surface area contributed by atoms with Gasteiger partial charge in [-0.25, -0.2) is 0 Å². The minimum absolute atomic E-state index is 0.989. The smallest absolute Gasteiger partial charge is 0.0299 e. The zero-order valence-corrected chi connectivity index (χ0v) is 11.3. The van der Waals surface area contributed by atoms with Crippen molar-refractivity contribution in [3.8, 4) is 0 Å². The molecule has 0 atom stereocenters. The van der Waals surface area contributed by atoms with Gasteiger partial charge in [-0.3, -0.25) is 0 Å². The molecule has 0 aliphatic rings. The van der Waals surface area contributed by atoms with Gasteiger partial charge in [-0.2, -0.15) is 0 Å². The first-order valence-corrected chi connectivity index (χ1v) is 6.93. The summed E-state index contributed by atoms with van der Waals surface area (Å²) in [5.74, 6) is 0. The maximum Gasteiger partial charge on any atom is 0.0299 e. The van der Waals surface area contributed by atoms with Gasteiger partial charge in [0.15, 0.2) is 0 Å². The van der Waals surface area contributed by atoms with Crippen LogP contribution < -0.4 is 5.32 Å². The van der Waals surface area contributed by atoms with Crippen molar-refractivity contribution in [2.24, 2.45) is 0 Å². The fourth-order valence-corrected chi connectivity index (χ4v) is 2.59. The van der Waals surface area contributed by atoms with Crippen LogP contribution in [0, 0.1) is 13.8 Å². The van der Waals surface area contributed by atoms with Crippen molar-refractivity contribution in [1.82, 2.24) is 5.32 Å². The second-order valence-corrected chi connectivity index (χ2v) is 5.47. The van der Waals surface area contributed by atoms with Crippen LogP contribution in [0.15, 0.2) is 35.7 Å². The molecule has 17 heavy (non-hydrogen) atoms. The van der Waals surface area contributed by atoms with Gasteiger partial charge in [-0.15, -0.1) is 11.3 Å². The summed E-state index contributed by atoms with van der Waals surface area (Å²) < 4.78 is 0. The average Bonchev–Trinajstić information content (AvgIpc) is 2.82. The number of hydrogen-bond donors (Lipinski definition) is 1. The Hall–Kier alpha value is -1.12. The maximum atomic E-state index is 3.49. The highest BCUT2D eigenvalue weighted by molar-refractivity contribution is 7.09. The molecule has 1 heterocycles. The predicted octanol–water partition coefficient (Wildman–Crippen LogP) is 3.70. The monoisotopic (exact) mass is 245 g/mol. The number of thiophene rings is 1. The summed E-state index contributed by atoms with van der Waals surface area (Å²) in [4.78, 5) is 1.41. The molecule has 2 aromatic rings. The van der Waals surface area contributed by atoms with Crippen LogP contribution in [0.3, 0.4) is 0 Å². The topological polar surface area (TPSA) is 12.0 Å². The molecule has 90 valence electrons. The Balaban J connectivity index is 1.80. The van der Waals surface area contributed by atoms with Gasteiger partial charge in [-0.05, 0) is 49.4 Å². The summed E-state index contributed by atoms with van der Waals surface area (Å²) in [5, 5.41) is 5.62. The summed E-state index contributed by atoms with van der Waals surface area (Å²) in [6.07, 6.45) is 1.11. The van der Waals surface area contributed by atoms with E-state index in [4.69, 9.17) is 0 Å². The zero-order valence-electron chi connectivity index (χ0n) is 10.5. The summed E-state index contributed by atoms with van der Waals surface area (Å²) in [5.41, 5.74) is 4.21. The highest BCUT2D eigenvalue weighted by Crippen LogP contribution is 2.11. The van der Waals surface area contributed by atoms with E-state index in [0.717, 1.165) is 19.5 Å². The second-order valence-electron chi connectivity index (χ2n) is 4.44. The van der Waals surface area contributed by atoms with E-state index in [1.165, 1.54) is 21.6 Å². The van der Waals surface area contributed by atoms with E-state index in [2.05, 4.69) is 54.9 Å². The first-order valence-electron chi connectivity index (χ1n) is 6.05. The summed E-state index contributed by atoms with van der Waals surface area (Å²) >= 11 is 1.81. The Morgan fingerprint density at radius 1 is 1.18 bits per heavy atom. The molecule has 2 rings (SSSR count). The maximum absolute atomic E-state index is 3.49. The van der Waals surface area contributed by atoms with Gasteiger partial charge in [0, 0.05) is 11.4 Å². The van der Waals surface area contributed by atoms with Crippen molar-refractivity contribution >= 4 is 11.3 Å². The minimum atomic E-state index is 0.989. The van der Waals surface area contributed by atoms with Crippen molar-refractivity contribution in [2.45, 2.75) is 26.8 Å². The largest absolute Gasteiger partial charge is 0.312 e. The van der Waals surface area contributed by atoms with Gasteiger partial charge >= 0.3 is 0 Å². The third kappa shape index (κ3) is 3.69. The molecular formula is C15H19NS. The van der Waals surface area contributed by atoms with Crippen molar-refractivity contribution in [1.29, 1.82) is 0 Å². The third-order valence-corrected chi connectivity index (χ3v) is 3.83. The van der Waals surface area contributed by atoms with E-state index in [1.807, 2.05) is 11.3 Å². The lowest BCUT2D eigenvalue weighted by atomic mass is 10.0. The Bertz CT molecular complexity index is 460. The molecule has 2 heteroatoms. The molecule has 0 aliphatic heterocycles. The molecule has 0 spiro atoms. The second kappa shape index (κ2) is 5.99. The number of hydrogen-bond acceptors (Lipinski definition) is 2. The average molecular weight is 245 g/mol. The van der Waals surface area contributed by atoms with Gasteiger partial charge in [-0.1, -0.05) is 29.8 Å². The van der Waals surface area contributed by atoms with Crippen LogP contribution in [-0.4, -0.2) is 6.54 Å². The lowest BCUT2D eigenvalue weighted by Gasteiger charge is -2.07. The first-order chi connectivity index (χ1) is 8.25. The van der Waals surface area contributed by atoms with Gasteiger partial charge in [0.25, 0.3) is 0 Å². The molecule has 0 aliphatic carbocycles. The Morgan fingerprint density at radius 3 is 2.82 bits per heavy atom. The third-order valence-electron chi connectivity index (χ3n) is 2.96. The molecule has 0 amide bonds. The van der Waals surface area contributed by atoms with Crippen LogP contribution in [0.4, 0.5) is 0 Å². The van der Waals surface area contributed by atoms with E-state index in [9.17, 15) is 0 Å². The molecule has 0 radical (unpaired) electrons. The fourth-order valence-electron chi connectivity index (χ4n) is 1.92. The molecule has 0 bridgehead atoms. The van der Waals surface area contributed by atoms with E-state index in [1.54, 1.807) is 0 Å². The molecule has 0 saturated heterocycles. The molecule has 1 nitrogen and oxygen atoms in total. The van der Waals surface area contributed by atoms with Crippen LogP contribution in [0.5, 0.6) is 0 Å². The summed E-state index contributed by atoms with van der Waals surface area (Å²) in [7, 11) is 0. The van der Waals surface area contributed by atoms with Crippen LogP contribution >= 0.6 is 11.3 Å². The van der Waals surface area contributed by atoms with Crippen LogP contribution in [0.2, 0.25) is 0 Å². The van der Waals surface area contributed by atoms with Crippen LogP contribution in [0.1, 0.15) is 21.6 Å². The van der Waals surface area contributed by atoms with Crippen molar-refractivity contribution in [3.63, 3.8) is 0 Å². The standard InChI is InChI=1S/C15H19NS/c1-12-5-6-13(2)14(10-12)7-8-16-11-15-4-3-9-17-15/h3-6,9-10,16H,7-8,11H2,1-2H3. The minimum Gasteiger partial charge on any atom is -0.312 e. The van der Waals surface area contributed by atoms with Crippen LogP contribution in [0.25, 0.3) is 0 Å². The predicted molar refractivity (Wildman–Crippen MR) is 75.6 cm³/mol. The molecular weight excluding hydrogens is 226 g/mol. The number of nitrogens with one attached hydrogen (secondary N) is 1. The highest BCUT2D eigenvalue weighted by atomic mass is 32.1. The molecule has 0 saturated carbocycles. The van der Waals surface area contributed by atoms with Crippen molar-refractivity contribution in [2.75, 3.05) is 6.54 Å². The van der Waals surface area contributed by atoms with Gasteiger partial charge < -0.3 is 5.32 Å². The normalized spacial score (nSPS) is 10.7. The fraction of sp³-hybridized carbons (Fsp3) is 0.333. The summed E-state index contributed by atoms with van der Waals surface area (Å²) in [6.45, 7) is 6.38. The highest BCUT2D eigenvalue weighted by Gasteiger charge is 1.99. The molecule has 1 N–H and O–H groups in total. The molecule has 0 unspecified atom stereocenters. The Labute approximate surface area is 108 Å². The van der Waals surface area contributed by atoms with Crippen LogP contribution in [-0.2, 0) is 13.0 Å². The van der Waals surface area contributed by atoms with Gasteiger partial charge in [0.2, 0.25) is 0 Å².